The van der Waals surface area contributed by atoms with Gasteiger partial charge in [0.25, 0.3) is 5.56 Å². The van der Waals surface area contributed by atoms with E-state index >= 15 is 0 Å². The molecule has 3 rings (SSSR count). The van der Waals surface area contributed by atoms with E-state index < -0.39 is 38.4 Å². The van der Waals surface area contributed by atoms with Crippen LogP contribution in [0.5, 0.6) is 0 Å². The van der Waals surface area contributed by atoms with Crippen molar-refractivity contribution in [3.05, 3.63) is 31.0 Å². The fourth-order valence-electron chi connectivity index (χ4n) is 2.18. The van der Waals surface area contributed by atoms with Crippen LogP contribution in [0.3, 0.4) is 0 Å². The molecule has 2 aliphatic rings. The van der Waals surface area contributed by atoms with Crippen molar-refractivity contribution in [2.75, 3.05) is 12.3 Å². The van der Waals surface area contributed by atoms with Gasteiger partial charge in [0.1, 0.15) is 0 Å². The van der Waals surface area contributed by atoms with Gasteiger partial charge in [-0.25, -0.2) is 9.56 Å². The van der Waals surface area contributed by atoms with Gasteiger partial charge in [-0.15, -0.1) is 0 Å². The number of nitrogens with two attached hydrogens (primary N) is 1. The minimum Gasteiger partial charge on any atom is -0.813 e. The first-order valence-electron chi connectivity index (χ1n) is 6.41. The molecule has 0 fully saturated rings. The van der Waals surface area contributed by atoms with E-state index in [1.807, 2.05) is 0 Å². The fourth-order valence-corrected chi connectivity index (χ4v) is 3.05. The summed E-state index contributed by atoms with van der Waals surface area (Å²) in [6, 6.07) is -0.808. The molecule has 0 saturated carbocycles. The van der Waals surface area contributed by atoms with Crippen molar-refractivity contribution in [3.63, 3.8) is 0 Å². The summed E-state index contributed by atoms with van der Waals surface area (Å²) >= 11 is 10.4. The monoisotopic (exact) mass is 558 g/mol. The van der Waals surface area contributed by atoms with E-state index in [2.05, 4.69) is 24.5 Å². The number of H-pyrrole nitrogens is 1. The van der Waals surface area contributed by atoms with Crippen LogP contribution in [0.4, 0.5) is 5.95 Å². The number of phosphoric ester groups is 1. The molecule has 18 heteroatoms. The van der Waals surface area contributed by atoms with Crippen LogP contribution in [0, 0.1) is 0 Å². The number of rotatable bonds is 3. The Morgan fingerprint density at radius 3 is 2.43 bits per heavy atom. The summed E-state index contributed by atoms with van der Waals surface area (Å²) in [5.74, 6) is -0.133. The minimum absolute atomic E-state index is 0. The topological polar surface area (TPSA) is 235 Å². The molecule has 2 aliphatic heterocycles. The molecule has 0 aliphatic carbocycles. The Kier molecular flexibility index (Phi) is 11.7. The third kappa shape index (κ3) is 6.24. The maximum Gasteiger partial charge on any atom is 3.00 e. The Morgan fingerprint density at radius 2 is 1.86 bits per heavy atom. The maximum atomic E-state index is 11.9. The molecule has 1 aromatic rings. The van der Waals surface area contributed by atoms with Crippen molar-refractivity contribution in [2.45, 2.75) is 18.4 Å². The van der Waals surface area contributed by atoms with Crippen LogP contribution in [-0.2, 0) is 73.6 Å². The molecule has 9 N–H and O–H groups in total. The molecule has 3 heterocycles. The Bertz CT molecular complexity index is 955. The predicted octanol–water partition coefficient (Wildman–Crippen LogP) is -4.81. The average Bonchev–Trinajstić information content (AvgIpc) is 2.47. The van der Waals surface area contributed by atoms with Gasteiger partial charge in [-0.05, 0) is 0 Å². The Labute approximate surface area is 189 Å². The molecule has 0 amide bonds. The second-order valence-corrected chi connectivity index (χ2v) is 6.98. The number of phosphoric acid groups is 1. The summed E-state index contributed by atoms with van der Waals surface area (Å²) < 4.78 is 20.8. The fraction of sp³-hybridized carbons (Fsp3) is 0.400. The smallest absolute Gasteiger partial charge is 0.813 e. The minimum atomic E-state index is -4.69. The standard InChI is InChI=1S/C10H12N5O6PS2.Mo.2H2O.H2S/c11-10-14-7-4(8(16)15-10)12-3-6(24)5(23)2(21-9(3)13-7)1-20-22(17,18)19;;;;/h2-3,9,23-24H,1H2,(H2,17,18,19)(H3,11,13,14,15,16);;3*1H2/q;+3;;;/p-3/t2-,3+,9-;;;;/m1..../s1. The normalized spacial score (nSPS) is 22.4. The second kappa shape index (κ2) is 11.0. The van der Waals surface area contributed by atoms with Crippen LogP contribution in [0.25, 0.3) is 0 Å². The number of anilines is 1. The van der Waals surface area contributed by atoms with Crippen LogP contribution >= 0.6 is 7.82 Å². The zero-order chi connectivity index (χ0) is 17.6. The van der Waals surface area contributed by atoms with E-state index in [1.165, 1.54) is 0 Å². The number of hydrogen-bond acceptors (Lipinski definition) is 11. The number of ether oxygens (including phenoxy) is 1. The van der Waals surface area contributed by atoms with Gasteiger partial charge in [-0.3, -0.25) is 19.3 Å². The Balaban J connectivity index is 0. The molecule has 0 unspecified atom stereocenters. The van der Waals surface area contributed by atoms with Crippen molar-refractivity contribution in [1.82, 2.24) is 9.97 Å². The zero-order valence-corrected chi connectivity index (χ0v) is 18.9. The van der Waals surface area contributed by atoms with E-state index in [-0.39, 0.29) is 72.1 Å². The molecule has 3 atom stereocenters. The summed E-state index contributed by atoms with van der Waals surface area (Å²) in [5.41, 5.74) is 4.88. The third-order valence-electron chi connectivity index (χ3n) is 3.18. The molecular formula is C10H15MoN5O8PS3. The van der Waals surface area contributed by atoms with Gasteiger partial charge >= 0.3 is 28.9 Å². The summed E-state index contributed by atoms with van der Waals surface area (Å²) in [6.45, 7) is -0.500. The summed E-state index contributed by atoms with van der Waals surface area (Å²) in [4.78, 5) is 44.2. The number of aromatic amines is 1. The Morgan fingerprint density at radius 1 is 1.25 bits per heavy atom. The SMILES string of the molecule is Nc1nc2c(c(=O)[nH]1)=N[C@H]1C([S-])=C([S-])[C@@H](COP(=O)(O)O)O[C@H]1N=2.O.O.[Mo+3].[SH-]. The summed E-state index contributed by atoms with van der Waals surface area (Å²) in [6.07, 6.45) is -1.93. The van der Waals surface area contributed by atoms with Crippen LogP contribution in [0.15, 0.2) is 24.6 Å². The van der Waals surface area contributed by atoms with E-state index in [0.717, 1.165) is 0 Å². The van der Waals surface area contributed by atoms with Crippen molar-refractivity contribution in [1.29, 1.82) is 0 Å². The predicted molar refractivity (Wildman–Crippen MR) is 99.8 cm³/mol. The first-order chi connectivity index (χ1) is 11.2. The molecule has 0 aromatic carbocycles. The largest absolute Gasteiger partial charge is 3.00 e. The number of fused-ring (bicyclic) bond motifs is 2. The van der Waals surface area contributed by atoms with Gasteiger partial charge in [-0.2, -0.15) is 14.8 Å². The van der Waals surface area contributed by atoms with E-state index in [1.54, 1.807) is 0 Å². The molecule has 0 saturated heterocycles. The second-order valence-electron chi connectivity index (χ2n) is 4.86. The van der Waals surface area contributed by atoms with Gasteiger partial charge in [0.15, 0.2) is 17.1 Å². The molecule has 0 bridgehead atoms. The number of nitrogen functional groups attached to an aromatic ring is 1. The van der Waals surface area contributed by atoms with Crippen LogP contribution in [0.1, 0.15) is 0 Å². The average molecular weight is 556 g/mol. The number of nitrogens with zero attached hydrogens (tertiary/aromatic N) is 3. The molecule has 1 aromatic heterocycles. The van der Waals surface area contributed by atoms with Crippen LogP contribution < -0.4 is 22.1 Å². The maximum absolute atomic E-state index is 11.9. The molecule has 1 radical (unpaired) electrons. The van der Waals surface area contributed by atoms with E-state index in [0.29, 0.717) is 0 Å². The van der Waals surface area contributed by atoms with Crippen molar-refractivity contribution in [3.8, 4) is 0 Å². The van der Waals surface area contributed by atoms with Crippen molar-refractivity contribution >= 4 is 52.5 Å². The van der Waals surface area contributed by atoms with Gasteiger partial charge < -0.3 is 70.0 Å². The molecule has 0 spiro atoms. The molecule has 28 heavy (non-hydrogen) atoms. The number of aromatic nitrogens is 2. The third-order valence-corrected chi connectivity index (χ3v) is 4.74. The summed E-state index contributed by atoms with van der Waals surface area (Å²) in [7, 11) is -4.69. The quantitative estimate of drug-likeness (QED) is 0.119. The summed E-state index contributed by atoms with van der Waals surface area (Å²) in [5, 5.41) is -0.0379. The van der Waals surface area contributed by atoms with Gasteiger partial charge in [0.05, 0.1) is 18.8 Å². The first-order valence-corrected chi connectivity index (χ1v) is 8.75. The van der Waals surface area contributed by atoms with Gasteiger partial charge in [-0.1, -0.05) is 0 Å². The number of thiol groups is 1. The van der Waals surface area contributed by atoms with Gasteiger partial charge in [0, 0.05) is 0 Å². The Hall–Kier alpha value is -0.512. The van der Waals surface area contributed by atoms with Crippen LogP contribution in [-0.4, -0.2) is 55.7 Å². The number of nitrogens with one attached hydrogen (secondary N) is 1. The molecule has 13 nitrogen and oxygen atoms in total. The molecular weight excluding hydrogens is 541 g/mol. The van der Waals surface area contributed by atoms with Crippen molar-refractivity contribution in [2.24, 2.45) is 9.98 Å². The molecule has 157 valence electrons. The van der Waals surface area contributed by atoms with E-state index in [4.69, 9.17) is 45.5 Å². The number of hydrogen-bond donors (Lipinski definition) is 4. The van der Waals surface area contributed by atoms with Gasteiger partial charge in [0.2, 0.25) is 5.95 Å². The zero-order valence-electron chi connectivity index (χ0n) is 13.5. The van der Waals surface area contributed by atoms with Crippen molar-refractivity contribution < 1.29 is 55.6 Å². The first kappa shape index (κ1) is 29.7. The van der Waals surface area contributed by atoms with Crippen LogP contribution in [0.2, 0.25) is 0 Å². The van der Waals surface area contributed by atoms with E-state index in [9.17, 15) is 9.36 Å².